The van der Waals surface area contributed by atoms with Gasteiger partial charge >= 0.3 is 0 Å². The highest BCUT2D eigenvalue weighted by molar-refractivity contribution is 6.75. The van der Waals surface area contributed by atoms with E-state index in [-0.39, 0.29) is 6.17 Å². The lowest BCUT2D eigenvalue weighted by atomic mass is 10.2. The Hall–Kier alpha value is 0.137. The van der Waals surface area contributed by atoms with Crippen LogP contribution in [0.15, 0.2) is 0 Å². The molecule has 11 heavy (non-hydrogen) atoms. The maximum Gasteiger partial charge on any atom is 0.124 e. The summed E-state index contributed by atoms with van der Waals surface area (Å²) in [5.74, 6) is 0.864. The second-order valence-corrected chi connectivity index (χ2v) is 9.12. The molecule has 0 aromatic rings. The summed E-state index contributed by atoms with van der Waals surface area (Å²) in [7, 11) is -1.09. The minimum atomic E-state index is -1.09. The van der Waals surface area contributed by atoms with E-state index in [2.05, 4.69) is 31.5 Å². The van der Waals surface area contributed by atoms with Crippen LogP contribution in [-0.4, -0.2) is 25.5 Å². The molecule has 0 aromatic carbocycles. The first-order chi connectivity index (χ1) is 4.93. The van der Waals surface area contributed by atoms with E-state index in [0.717, 1.165) is 5.92 Å². The van der Waals surface area contributed by atoms with Gasteiger partial charge in [0.1, 0.15) is 8.24 Å². The Morgan fingerprint density at radius 1 is 1.55 bits per heavy atom. The Morgan fingerprint density at radius 3 is 2.27 bits per heavy atom. The molecular weight excluding hydrogens is 152 g/mol. The van der Waals surface area contributed by atoms with Crippen LogP contribution in [-0.2, 0) is 0 Å². The minimum Gasteiger partial charge on any atom is -0.316 e. The lowest BCUT2D eigenvalue weighted by molar-refractivity contribution is 0.342. The molecule has 1 aliphatic rings. The van der Waals surface area contributed by atoms with Crippen molar-refractivity contribution in [2.24, 2.45) is 11.7 Å². The van der Waals surface area contributed by atoms with Crippen molar-refractivity contribution in [1.29, 1.82) is 0 Å². The van der Waals surface area contributed by atoms with E-state index in [1.807, 2.05) is 0 Å². The third-order valence-electron chi connectivity index (χ3n) is 2.63. The van der Waals surface area contributed by atoms with Crippen LogP contribution in [0.2, 0.25) is 19.1 Å². The quantitative estimate of drug-likeness (QED) is 0.607. The minimum absolute atomic E-state index is 0.265. The predicted octanol–water partition coefficient (Wildman–Crippen LogP) is 1.45. The van der Waals surface area contributed by atoms with Crippen LogP contribution in [0.1, 0.15) is 13.8 Å². The zero-order valence-electron chi connectivity index (χ0n) is 8.09. The smallest absolute Gasteiger partial charge is 0.124 e. The van der Waals surface area contributed by atoms with Crippen LogP contribution in [0.25, 0.3) is 0 Å². The lowest BCUT2D eigenvalue weighted by Gasteiger charge is -2.32. The molecule has 0 saturated carbocycles. The van der Waals surface area contributed by atoms with E-state index in [1.54, 1.807) is 0 Å². The van der Waals surface area contributed by atoms with Gasteiger partial charge in [0.15, 0.2) is 0 Å². The summed E-state index contributed by atoms with van der Waals surface area (Å²) in [6, 6.07) is 1.41. The topological polar surface area (TPSA) is 29.3 Å². The number of hydrogen-bond acceptors (Lipinski definition) is 2. The molecule has 0 amide bonds. The molecule has 1 saturated heterocycles. The van der Waals surface area contributed by atoms with Crippen molar-refractivity contribution in [3.63, 3.8) is 0 Å². The predicted molar refractivity (Wildman–Crippen MR) is 51.8 cm³/mol. The maximum atomic E-state index is 5.90. The second-order valence-electron chi connectivity index (χ2n) is 4.51. The molecule has 2 nitrogen and oxygen atoms in total. The van der Waals surface area contributed by atoms with E-state index in [1.165, 1.54) is 12.6 Å². The molecule has 0 bridgehead atoms. The van der Waals surface area contributed by atoms with Gasteiger partial charge in [-0.3, -0.25) is 0 Å². The van der Waals surface area contributed by atoms with Crippen LogP contribution in [0.3, 0.4) is 0 Å². The molecule has 3 heteroatoms. The summed E-state index contributed by atoms with van der Waals surface area (Å²) in [5.41, 5.74) is 5.90. The average Bonchev–Trinajstić information content (AvgIpc) is 2.04. The van der Waals surface area contributed by atoms with Crippen LogP contribution < -0.4 is 5.73 Å². The molecule has 1 fully saturated rings. The monoisotopic (exact) mass is 172 g/mol. The molecule has 0 aliphatic carbocycles. The van der Waals surface area contributed by atoms with E-state index in [9.17, 15) is 0 Å². The first-order valence-electron chi connectivity index (χ1n) is 4.46. The third kappa shape index (κ3) is 1.83. The molecule has 2 unspecified atom stereocenters. The van der Waals surface area contributed by atoms with Crippen molar-refractivity contribution in [2.45, 2.75) is 39.2 Å². The Morgan fingerprint density at radius 2 is 2.09 bits per heavy atom. The van der Waals surface area contributed by atoms with Gasteiger partial charge < -0.3 is 10.3 Å². The van der Waals surface area contributed by atoms with Crippen molar-refractivity contribution in [2.75, 3.05) is 6.54 Å². The highest BCUT2D eigenvalue weighted by Gasteiger charge is 2.39. The highest BCUT2D eigenvalue weighted by atomic mass is 28.3. The van der Waals surface area contributed by atoms with Gasteiger partial charge in [0.05, 0.1) is 0 Å². The normalized spacial score (nSPS) is 34.1. The molecular formula is C8H20N2Si. The summed E-state index contributed by atoms with van der Waals surface area (Å²) in [6.07, 6.45) is 0.265. The molecule has 0 spiro atoms. The van der Waals surface area contributed by atoms with Gasteiger partial charge in [-0.15, -0.1) is 0 Å². The van der Waals surface area contributed by atoms with E-state index >= 15 is 0 Å². The van der Waals surface area contributed by atoms with Crippen LogP contribution in [0.4, 0.5) is 0 Å². The maximum absolute atomic E-state index is 5.90. The number of nitrogens with zero attached hydrogens (tertiary/aromatic N) is 1. The van der Waals surface area contributed by atoms with Crippen LogP contribution in [0, 0.1) is 5.92 Å². The number of hydrogen-bond donors (Lipinski definition) is 1. The fourth-order valence-corrected chi connectivity index (χ4v) is 6.31. The Kier molecular flexibility index (Phi) is 2.42. The van der Waals surface area contributed by atoms with Crippen molar-refractivity contribution in [3.8, 4) is 0 Å². The average molecular weight is 172 g/mol. The summed E-state index contributed by atoms with van der Waals surface area (Å²) in [4.78, 5) is 0. The Bertz CT molecular complexity index is 145. The molecule has 0 aromatic heterocycles. The Labute approximate surface area is 70.8 Å². The molecule has 66 valence electrons. The van der Waals surface area contributed by atoms with Crippen molar-refractivity contribution >= 4 is 8.24 Å². The summed E-state index contributed by atoms with van der Waals surface area (Å²) in [5, 5.41) is 0. The summed E-state index contributed by atoms with van der Waals surface area (Å²) in [6.45, 7) is 10.5. The zero-order valence-corrected chi connectivity index (χ0v) is 9.09. The highest BCUT2D eigenvalue weighted by Crippen LogP contribution is 2.30. The zero-order chi connectivity index (χ0) is 8.65. The molecule has 2 N–H and O–H groups in total. The number of nitrogens with two attached hydrogens (primary N) is 1. The third-order valence-corrected chi connectivity index (χ3v) is 6.47. The van der Waals surface area contributed by atoms with Gasteiger partial charge in [0.25, 0.3) is 0 Å². The van der Waals surface area contributed by atoms with Gasteiger partial charge in [-0.1, -0.05) is 20.0 Å². The summed E-state index contributed by atoms with van der Waals surface area (Å²) < 4.78 is 2.53. The van der Waals surface area contributed by atoms with Gasteiger partial charge in [-0.05, 0) is 25.4 Å². The largest absolute Gasteiger partial charge is 0.316 e. The van der Waals surface area contributed by atoms with E-state index in [0.29, 0.717) is 0 Å². The van der Waals surface area contributed by atoms with Crippen molar-refractivity contribution in [3.05, 3.63) is 0 Å². The molecule has 2 atom stereocenters. The SMILES string of the molecule is CC1CN(C(C)N)[Si](C)(C)C1. The molecule has 1 heterocycles. The van der Waals surface area contributed by atoms with Crippen molar-refractivity contribution < 1.29 is 0 Å². The molecule has 1 rings (SSSR count). The van der Waals surface area contributed by atoms with E-state index in [4.69, 9.17) is 5.73 Å². The van der Waals surface area contributed by atoms with Gasteiger partial charge in [-0.25, -0.2) is 0 Å². The van der Waals surface area contributed by atoms with Gasteiger partial charge in [0, 0.05) is 6.17 Å². The number of rotatable bonds is 1. The lowest BCUT2D eigenvalue weighted by Crippen LogP contribution is -2.51. The second kappa shape index (κ2) is 2.88. The first kappa shape index (κ1) is 9.23. The standard InChI is InChI=1S/C8H20N2Si/c1-7-5-10(8(2)9)11(3,4)6-7/h7-8H,5-6,9H2,1-4H3. The molecule has 0 radical (unpaired) electrons. The van der Waals surface area contributed by atoms with E-state index < -0.39 is 8.24 Å². The van der Waals surface area contributed by atoms with Gasteiger partial charge in [0.2, 0.25) is 0 Å². The van der Waals surface area contributed by atoms with Crippen molar-refractivity contribution in [1.82, 2.24) is 4.57 Å². The Balaban J connectivity index is 2.66. The van der Waals surface area contributed by atoms with Crippen LogP contribution in [0.5, 0.6) is 0 Å². The fraction of sp³-hybridized carbons (Fsp3) is 1.00. The molecule has 1 aliphatic heterocycles. The van der Waals surface area contributed by atoms with Crippen LogP contribution >= 0.6 is 0 Å². The fourth-order valence-electron chi connectivity index (χ4n) is 2.33. The van der Waals surface area contributed by atoms with Gasteiger partial charge in [-0.2, -0.15) is 0 Å². The summed E-state index contributed by atoms with van der Waals surface area (Å²) >= 11 is 0. The first-order valence-corrected chi connectivity index (χ1v) is 7.61.